The molecule has 0 aliphatic heterocycles. The summed E-state index contributed by atoms with van der Waals surface area (Å²) < 4.78 is 23.8. The molecule has 31 heavy (non-hydrogen) atoms. The van der Waals surface area contributed by atoms with Gasteiger partial charge in [-0.3, -0.25) is 9.78 Å². The molecule has 2 aliphatic carbocycles. The van der Waals surface area contributed by atoms with Crippen LogP contribution in [0.2, 0.25) is 0 Å². The Hall–Kier alpha value is -1.88. The number of nitrogens with two attached hydrogens (primary N) is 3. The van der Waals surface area contributed by atoms with Crippen LogP contribution in [-0.2, 0) is 40.6 Å². The van der Waals surface area contributed by atoms with Gasteiger partial charge in [0.05, 0.1) is 5.60 Å². The van der Waals surface area contributed by atoms with Crippen LogP contribution < -0.4 is 16.6 Å². The summed E-state index contributed by atoms with van der Waals surface area (Å²) in [6.07, 6.45) is 7.40. The van der Waals surface area contributed by atoms with E-state index in [1.165, 1.54) is 55.6 Å². The minimum Gasteiger partial charge on any atom is -0.398 e. The molecule has 0 spiro atoms. The number of carbonyl (C=O) groups excluding carboxylic acids is 1. The predicted octanol–water partition coefficient (Wildman–Crippen LogP) is 2.79. The van der Waals surface area contributed by atoms with Crippen molar-refractivity contribution in [2.24, 2.45) is 10.9 Å². The summed E-state index contributed by atoms with van der Waals surface area (Å²) in [5, 5.41) is 14.5. The lowest BCUT2D eigenvalue weighted by molar-refractivity contribution is -0.106. The number of aryl methyl sites for hydroxylation is 1. The Labute approximate surface area is 188 Å². The summed E-state index contributed by atoms with van der Waals surface area (Å²) in [6.45, 7) is 5.31. The normalized spacial score (nSPS) is 17.5. The molecule has 172 valence electrons. The van der Waals surface area contributed by atoms with Crippen molar-refractivity contribution in [2.45, 2.75) is 75.0 Å². The van der Waals surface area contributed by atoms with Crippen molar-refractivity contribution in [3.05, 3.63) is 39.3 Å². The average Bonchev–Trinajstić information content (AvgIpc) is 3.40. The van der Waals surface area contributed by atoms with Gasteiger partial charge in [0.2, 0.25) is 6.41 Å². The number of hydrogen-bond acceptors (Lipinski definition) is 6. The molecule has 0 saturated carbocycles. The van der Waals surface area contributed by atoms with Crippen molar-refractivity contribution in [1.82, 2.24) is 4.98 Å². The molecule has 2 aromatic heterocycles. The molecule has 2 atom stereocenters. The molecule has 0 aromatic carbocycles. The Morgan fingerprint density at radius 2 is 2.00 bits per heavy atom. The fourth-order valence-corrected chi connectivity index (χ4v) is 5.54. The molecule has 2 heterocycles. The number of thiophene rings is 1. The lowest BCUT2D eigenvalue weighted by Gasteiger charge is -2.13. The molecule has 2 unspecified atom stereocenters. The van der Waals surface area contributed by atoms with Gasteiger partial charge in [-0.1, -0.05) is 6.92 Å². The Morgan fingerprint density at radius 1 is 1.35 bits per heavy atom. The van der Waals surface area contributed by atoms with Crippen LogP contribution in [0, 0.1) is 5.82 Å². The van der Waals surface area contributed by atoms with Crippen molar-refractivity contribution in [2.75, 3.05) is 5.73 Å². The fraction of sp³-hybridized carbons (Fsp3) is 0.524. The van der Waals surface area contributed by atoms with Gasteiger partial charge in [-0.05, 0) is 69.6 Å². The molecular weight excluding hydrogens is 439 g/mol. The van der Waals surface area contributed by atoms with Gasteiger partial charge in [0.15, 0.2) is 5.82 Å². The molecule has 0 saturated heterocycles. The smallest absolute Gasteiger partial charge is 0.204 e. The van der Waals surface area contributed by atoms with Crippen molar-refractivity contribution >= 4 is 34.4 Å². The molecule has 7 N–H and O–H groups in total. The third-order valence-corrected chi connectivity index (χ3v) is 7.99. The first-order valence-electron chi connectivity index (χ1n) is 10.2. The number of fused-ring (bicyclic) bond motifs is 2. The van der Waals surface area contributed by atoms with E-state index in [2.05, 4.69) is 12.7 Å². The minimum absolute atomic E-state index is 0.0304. The molecule has 1 amide bonds. The standard InChI is InChI=1S/C13H18N2.C7H10FNO2S2.CH3NO/c1-2-8-6-7-10-12(14)9-4-3-5-11(9)15-13(8)10;1-7(2,10)5-3-4(8)6(12-5)13(9)11;2-1-3/h8H,2-7H2,1H3,(H2,14,15);3,10H,9H2,1-2H3;1H,(H2,2,3). The van der Waals surface area contributed by atoms with Crippen LogP contribution in [0.4, 0.5) is 10.1 Å². The first-order valence-corrected chi connectivity index (χ1v) is 12.2. The highest BCUT2D eigenvalue weighted by Crippen LogP contribution is 2.41. The second kappa shape index (κ2) is 10.6. The second-order valence-electron chi connectivity index (χ2n) is 8.05. The minimum atomic E-state index is -1.82. The highest BCUT2D eigenvalue weighted by molar-refractivity contribution is 7.85. The van der Waals surface area contributed by atoms with Crippen LogP contribution in [-0.4, -0.2) is 20.7 Å². The molecule has 10 heteroatoms. The molecule has 4 rings (SSSR count). The Morgan fingerprint density at radius 3 is 2.48 bits per heavy atom. The number of carbonyl (C=O) groups is 1. The second-order valence-corrected chi connectivity index (χ2v) is 10.4. The molecule has 7 nitrogen and oxygen atoms in total. The largest absolute Gasteiger partial charge is 0.398 e. The molecule has 0 radical (unpaired) electrons. The summed E-state index contributed by atoms with van der Waals surface area (Å²) in [4.78, 5) is 13.9. The maximum atomic E-state index is 13.0. The van der Waals surface area contributed by atoms with Crippen LogP contribution in [0.1, 0.15) is 73.3 Å². The summed E-state index contributed by atoms with van der Waals surface area (Å²) in [7, 11) is -1.82. The average molecular weight is 471 g/mol. The lowest BCUT2D eigenvalue weighted by atomic mass is 10.0. The summed E-state index contributed by atoms with van der Waals surface area (Å²) in [6, 6.07) is 1.16. The van der Waals surface area contributed by atoms with Gasteiger partial charge >= 0.3 is 0 Å². The van der Waals surface area contributed by atoms with E-state index in [-0.39, 0.29) is 10.6 Å². The number of amides is 1. The van der Waals surface area contributed by atoms with Gasteiger partial charge in [0.1, 0.15) is 15.2 Å². The topological polar surface area (TPSA) is 145 Å². The number of pyridine rings is 1. The van der Waals surface area contributed by atoms with E-state index in [0.717, 1.165) is 42.4 Å². The quantitative estimate of drug-likeness (QED) is 0.510. The van der Waals surface area contributed by atoms with E-state index in [1.807, 2.05) is 0 Å². The number of aliphatic hydroxyl groups is 1. The van der Waals surface area contributed by atoms with Gasteiger partial charge in [-0.15, -0.1) is 11.3 Å². The van der Waals surface area contributed by atoms with Gasteiger partial charge in [0.25, 0.3) is 0 Å². The van der Waals surface area contributed by atoms with E-state index in [9.17, 15) is 13.7 Å². The fourth-order valence-electron chi connectivity index (χ4n) is 3.92. The van der Waals surface area contributed by atoms with Crippen molar-refractivity contribution in [3.8, 4) is 0 Å². The first kappa shape index (κ1) is 25.4. The third kappa shape index (κ3) is 5.88. The maximum Gasteiger partial charge on any atom is 0.204 e. The van der Waals surface area contributed by atoms with Gasteiger partial charge < -0.3 is 16.6 Å². The highest BCUT2D eigenvalue weighted by atomic mass is 32.2. The first-order chi connectivity index (χ1) is 14.5. The van der Waals surface area contributed by atoms with E-state index >= 15 is 0 Å². The zero-order chi connectivity index (χ0) is 23.3. The number of nitrogen functional groups attached to an aromatic ring is 1. The highest BCUT2D eigenvalue weighted by Gasteiger charge is 2.29. The van der Waals surface area contributed by atoms with Gasteiger partial charge in [-0.2, -0.15) is 0 Å². The number of primary amides is 1. The van der Waals surface area contributed by atoms with Crippen LogP contribution in [0.5, 0.6) is 0 Å². The molecule has 0 fully saturated rings. The van der Waals surface area contributed by atoms with Gasteiger partial charge in [0, 0.05) is 27.9 Å². The predicted molar refractivity (Wildman–Crippen MR) is 122 cm³/mol. The molecule has 2 aliphatic rings. The maximum absolute atomic E-state index is 13.0. The van der Waals surface area contributed by atoms with Crippen LogP contribution in [0.3, 0.4) is 0 Å². The van der Waals surface area contributed by atoms with Crippen LogP contribution >= 0.6 is 11.3 Å². The zero-order valence-electron chi connectivity index (χ0n) is 18.1. The molecule has 0 bridgehead atoms. The van der Waals surface area contributed by atoms with E-state index in [0.29, 0.717) is 10.8 Å². The number of hydrogen-bond donors (Lipinski definition) is 4. The Kier molecular flexibility index (Phi) is 8.70. The number of nitrogens with zero attached hydrogens (tertiary/aromatic N) is 1. The van der Waals surface area contributed by atoms with Crippen molar-refractivity contribution in [1.29, 1.82) is 0 Å². The number of rotatable bonds is 3. The molecular formula is C21H31FN4O3S2. The van der Waals surface area contributed by atoms with Gasteiger partial charge in [-0.25, -0.2) is 13.7 Å². The summed E-state index contributed by atoms with van der Waals surface area (Å²) in [5.74, 6) is 0.0520. The Bertz CT molecular complexity index is 957. The monoisotopic (exact) mass is 470 g/mol. The van der Waals surface area contributed by atoms with Crippen LogP contribution in [0.15, 0.2) is 10.3 Å². The number of anilines is 1. The molecule has 2 aromatic rings. The van der Waals surface area contributed by atoms with E-state index in [1.54, 1.807) is 0 Å². The van der Waals surface area contributed by atoms with E-state index in [4.69, 9.17) is 20.7 Å². The van der Waals surface area contributed by atoms with Crippen molar-refractivity contribution < 1.29 is 18.5 Å². The zero-order valence-corrected chi connectivity index (χ0v) is 19.7. The number of halogens is 1. The third-order valence-electron chi connectivity index (χ3n) is 5.47. The SMILES string of the molecule is CC(C)(O)c1cc(F)c(S(N)=O)s1.CCC1CCc2c1nc1c(c2N)CCC1.NC=O. The Balaban J connectivity index is 0.000000198. The van der Waals surface area contributed by atoms with E-state index < -0.39 is 22.4 Å². The van der Waals surface area contributed by atoms with Crippen molar-refractivity contribution in [3.63, 3.8) is 0 Å². The lowest BCUT2D eigenvalue weighted by Crippen LogP contribution is -2.12. The number of aromatic nitrogens is 1. The van der Waals surface area contributed by atoms with Crippen LogP contribution in [0.25, 0.3) is 0 Å². The summed E-state index contributed by atoms with van der Waals surface area (Å²) >= 11 is 0.924. The summed E-state index contributed by atoms with van der Waals surface area (Å²) in [5.41, 5.74) is 15.8.